The summed E-state index contributed by atoms with van der Waals surface area (Å²) in [4.78, 5) is 0. The summed E-state index contributed by atoms with van der Waals surface area (Å²) in [5.41, 5.74) is 0.684. The molecule has 1 unspecified atom stereocenters. The Kier molecular flexibility index (Phi) is 4.70. The lowest BCUT2D eigenvalue weighted by Gasteiger charge is -2.24. The number of benzene rings is 1. The Morgan fingerprint density at radius 2 is 1.72 bits per heavy atom. The van der Waals surface area contributed by atoms with Gasteiger partial charge in [-0.2, -0.15) is 0 Å². The molecule has 1 aliphatic rings. The van der Waals surface area contributed by atoms with Crippen molar-refractivity contribution in [3.8, 4) is 0 Å². The molecule has 0 saturated heterocycles. The minimum atomic E-state index is -0.503. The first-order valence-corrected chi connectivity index (χ1v) is 6.84. The quantitative estimate of drug-likeness (QED) is 0.848. The monoisotopic (exact) mass is 253 g/mol. The van der Waals surface area contributed by atoms with Crippen molar-refractivity contribution in [2.45, 2.75) is 45.1 Å². The molecular formula is C15H21F2N. The minimum absolute atomic E-state index is 0.00266. The van der Waals surface area contributed by atoms with E-state index in [-0.39, 0.29) is 6.04 Å². The van der Waals surface area contributed by atoms with Crippen LogP contribution in [0.15, 0.2) is 18.2 Å². The van der Waals surface area contributed by atoms with Crippen LogP contribution in [0.3, 0.4) is 0 Å². The van der Waals surface area contributed by atoms with Crippen LogP contribution in [0.2, 0.25) is 0 Å². The molecule has 1 aliphatic carbocycles. The fourth-order valence-electron chi connectivity index (χ4n) is 2.68. The molecule has 0 bridgehead atoms. The van der Waals surface area contributed by atoms with E-state index >= 15 is 0 Å². The summed E-state index contributed by atoms with van der Waals surface area (Å²) in [6.07, 6.45) is 6.53. The standard InChI is InChI=1S/C15H21F2N/c1-11(13-7-14(16)9-15(17)8-13)18-10-12-5-3-2-4-6-12/h7-9,11-12,18H,2-6,10H2,1H3. The van der Waals surface area contributed by atoms with Gasteiger partial charge in [-0.15, -0.1) is 0 Å². The van der Waals surface area contributed by atoms with Crippen molar-refractivity contribution < 1.29 is 8.78 Å². The van der Waals surface area contributed by atoms with Gasteiger partial charge in [0.15, 0.2) is 0 Å². The third kappa shape index (κ3) is 3.77. The van der Waals surface area contributed by atoms with Gasteiger partial charge in [0.2, 0.25) is 0 Å². The summed E-state index contributed by atoms with van der Waals surface area (Å²) in [7, 11) is 0. The van der Waals surface area contributed by atoms with E-state index in [4.69, 9.17) is 0 Å². The third-order valence-electron chi connectivity index (χ3n) is 3.82. The molecule has 0 aliphatic heterocycles. The van der Waals surface area contributed by atoms with Crippen molar-refractivity contribution in [1.82, 2.24) is 5.32 Å². The number of hydrogen-bond donors (Lipinski definition) is 1. The first-order chi connectivity index (χ1) is 8.65. The molecule has 1 N–H and O–H groups in total. The summed E-state index contributed by atoms with van der Waals surface area (Å²) in [5, 5.41) is 3.39. The molecule has 1 fully saturated rings. The van der Waals surface area contributed by atoms with E-state index in [2.05, 4.69) is 5.32 Å². The molecular weight excluding hydrogens is 232 g/mol. The molecule has 0 amide bonds. The van der Waals surface area contributed by atoms with Crippen molar-refractivity contribution in [1.29, 1.82) is 0 Å². The van der Waals surface area contributed by atoms with E-state index < -0.39 is 11.6 Å². The zero-order chi connectivity index (χ0) is 13.0. The van der Waals surface area contributed by atoms with Crippen LogP contribution < -0.4 is 5.32 Å². The van der Waals surface area contributed by atoms with Crippen LogP contribution in [0.5, 0.6) is 0 Å². The zero-order valence-corrected chi connectivity index (χ0v) is 10.9. The van der Waals surface area contributed by atoms with Crippen LogP contribution in [0.25, 0.3) is 0 Å². The van der Waals surface area contributed by atoms with Gasteiger partial charge in [-0.1, -0.05) is 19.3 Å². The highest BCUT2D eigenvalue weighted by Crippen LogP contribution is 2.24. The Hall–Kier alpha value is -0.960. The van der Waals surface area contributed by atoms with E-state index in [1.165, 1.54) is 44.2 Å². The molecule has 1 nitrogen and oxygen atoms in total. The second-order valence-electron chi connectivity index (χ2n) is 5.34. The van der Waals surface area contributed by atoms with Gasteiger partial charge in [0.05, 0.1) is 0 Å². The van der Waals surface area contributed by atoms with Crippen LogP contribution in [0, 0.1) is 17.6 Å². The van der Waals surface area contributed by atoms with Gasteiger partial charge in [0.25, 0.3) is 0 Å². The average Bonchev–Trinajstić information content (AvgIpc) is 2.36. The molecule has 0 heterocycles. The molecule has 100 valence electrons. The lowest BCUT2D eigenvalue weighted by atomic mass is 9.89. The van der Waals surface area contributed by atoms with Crippen molar-refractivity contribution >= 4 is 0 Å². The maximum Gasteiger partial charge on any atom is 0.126 e. The average molecular weight is 253 g/mol. The number of hydrogen-bond acceptors (Lipinski definition) is 1. The predicted molar refractivity (Wildman–Crippen MR) is 69.4 cm³/mol. The first kappa shape index (κ1) is 13.5. The fraction of sp³-hybridized carbons (Fsp3) is 0.600. The summed E-state index contributed by atoms with van der Waals surface area (Å²) in [5.74, 6) is -0.285. The molecule has 0 radical (unpaired) electrons. The highest BCUT2D eigenvalue weighted by atomic mass is 19.1. The van der Waals surface area contributed by atoms with Gasteiger partial charge in [0, 0.05) is 12.1 Å². The lowest BCUT2D eigenvalue weighted by molar-refractivity contribution is 0.331. The Morgan fingerprint density at radius 3 is 2.33 bits per heavy atom. The second-order valence-corrected chi connectivity index (χ2v) is 5.34. The summed E-state index contributed by atoms with van der Waals surface area (Å²) < 4.78 is 26.2. The van der Waals surface area contributed by atoms with Crippen molar-refractivity contribution in [3.05, 3.63) is 35.4 Å². The van der Waals surface area contributed by atoms with Gasteiger partial charge in [0.1, 0.15) is 11.6 Å². The Balaban J connectivity index is 1.88. The molecule has 1 aromatic carbocycles. The topological polar surface area (TPSA) is 12.0 Å². The summed E-state index contributed by atoms with van der Waals surface area (Å²) in [6.45, 7) is 2.90. The predicted octanol–water partition coefficient (Wildman–Crippen LogP) is 4.20. The maximum atomic E-state index is 13.1. The van der Waals surface area contributed by atoms with Gasteiger partial charge in [-0.3, -0.25) is 0 Å². The van der Waals surface area contributed by atoms with Crippen LogP contribution in [-0.2, 0) is 0 Å². The van der Waals surface area contributed by atoms with Crippen molar-refractivity contribution in [3.63, 3.8) is 0 Å². The summed E-state index contributed by atoms with van der Waals surface area (Å²) >= 11 is 0. The van der Waals surface area contributed by atoms with E-state index in [1.807, 2.05) is 6.92 Å². The second kappa shape index (κ2) is 6.28. The Bertz CT molecular complexity index is 366. The van der Waals surface area contributed by atoms with E-state index in [0.717, 1.165) is 18.5 Å². The fourth-order valence-corrected chi connectivity index (χ4v) is 2.68. The van der Waals surface area contributed by atoms with Gasteiger partial charge in [-0.05, 0) is 49.9 Å². The number of nitrogens with one attached hydrogen (secondary N) is 1. The third-order valence-corrected chi connectivity index (χ3v) is 3.82. The summed E-state index contributed by atoms with van der Waals surface area (Å²) in [6, 6.07) is 3.72. The highest BCUT2D eigenvalue weighted by molar-refractivity contribution is 5.20. The molecule has 2 rings (SSSR count). The molecule has 1 atom stereocenters. The van der Waals surface area contributed by atoms with Gasteiger partial charge < -0.3 is 5.32 Å². The van der Waals surface area contributed by atoms with Crippen LogP contribution >= 0.6 is 0 Å². The van der Waals surface area contributed by atoms with E-state index in [9.17, 15) is 8.78 Å². The van der Waals surface area contributed by atoms with Crippen molar-refractivity contribution in [2.75, 3.05) is 6.54 Å². The minimum Gasteiger partial charge on any atom is -0.310 e. The Morgan fingerprint density at radius 1 is 1.11 bits per heavy atom. The number of halogens is 2. The largest absolute Gasteiger partial charge is 0.310 e. The van der Waals surface area contributed by atoms with Crippen LogP contribution in [0.1, 0.15) is 50.6 Å². The molecule has 0 spiro atoms. The van der Waals surface area contributed by atoms with Crippen LogP contribution in [-0.4, -0.2) is 6.54 Å². The Labute approximate surface area is 108 Å². The molecule has 1 saturated carbocycles. The molecule has 3 heteroatoms. The SMILES string of the molecule is CC(NCC1CCCCC1)c1cc(F)cc(F)c1. The molecule has 1 aromatic rings. The first-order valence-electron chi connectivity index (χ1n) is 6.84. The van der Waals surface area contributed by atoms with Crippen LogP contribution in [0.4, 0.5) is 8.78 Å². The maximum absolute atomic E-state index is 13.1. The number of rotatable bonds is 4. The van der Waals surface area contributed by atoms with Gasteiger partial charge >= 0.3 is 0 Å². The smallest absolute Gasteiger partial charge is 0.126 e. The van der Waals surface area contributed by atoms with E-state index in [1.54, 1.807) is 0 Å². The normalized spacial score (nSPS) is 18.8. The zero-order valence-electron chi connectivity index (χ0n) is 10.9. The molecule has 18 heavy (non-hydrogen) atoms. The molecule has 0 aromatic heterocycles. The van der Waals surface area contributed by atoms with Crippen molar-refractivity contribution in [2.24, 2.45) is 5.92 Å². The lowest BCUT2D eigenvalue weighted by Crippen LogP contribution is -2.27. The van der Waals surface area contributed by atoms with E-state index in [0.29, 0.717) is 5.56 Å². The highest BCUT2D eigenvalue weighted by Gasteiger charge is 2.15. The van der Waals surface area contributed by atoms with Gasteiger partial charge in [-0.25, -0.2) is 8.78 Å².